The predicted octanol–water partition coefficient (Wildman–Crippen LogP) is 3.53. The fourth-order valence-electron chi connectivity index (χ4n) is 1.63. The summed E-state index contributed by atoms with van der Waals surface area (Å²) < 4.78 is 0. The van der Waals surface area contributed by atoms with E-state index in [-0.39, 0.29) is 5.91 Å². The number of hydrogen-bond acceptors (Lipinski definition) is 3. The van der Waals surface area contributed by atoms with E-state index in [0.717, 1.165) is 0 Å². The second kappa shape index (κ2) is 5.93. The van der Waals surface area contributed by atoms with Crippen molar-refractivity contribution < 1.29 is 4.79 Å². The molecule has 0 saturated carbocycles. The Kier molecular flexibility index (Phi) is 4.27. The number of anilines is 2. The SMILES string of the molecule is NNc1ccccc1C(=O)Nc1cc(Cl)cc(Cl)c1. The molecule has 0 radical (unpaired) electrons. The second-order valence-electron chi connectivity index (χ2n) is 3.80. The van der Waals surface area contributed by atoms with Crippen LogP contribution in [0.2, 0.25) is 10.0 Å². The van der Waals surface area contributed by atoms with Crippen LogP contribution in [0.5, 0.6) is 0 Å². The number of nitrogens with two attached hydrogens (primary N) is 1. The normalized spacial score (nSPS) is 10.1. The van der Waals surface area contributed by atoms with Gasteiger partial charge in [-0.1, -0.05) is 35.3 Å². The Morgan fingerprint density at radius 1 is 1.05 bits per heavy atom. The Bertz CT molecular complexity index is 596. The van der Waals surface area contributed by atoms with Crippen molar-refractivity contribution >= 4 is 40.5 Å². The number of carbonyl (C=O) groups excluding carboxylic acids is 1. The molecule has 2 aromatic rings. The van der Waals surface area contributed by atoms with E-state index in [1.54, 1.807) is 42.5 Å². The number of rotatable bonds is 3. The molecule has 0 spiro atoms. The topological polar surface area (TPSA) is 67.1 Å². The minimum atomic E-state index is -0.299. The van der Waals surface area contributed by atoms with Gasteiger partial charge in [0.15, 0.2) is 0 Å². The maximum atomic E-state index is 12.1. The van der Waals surface area contributed by atoms with Gasteiger partial charge in [0.2, 0.25) is 0 Å². The van der Waals surface area contributed by atoms with Crippen molar-refractivity contribution in [3.8, 4) is 0 Å². The summed E-state index contributed by atoms with van der Waals surface area (Å²) in [5, 5.41) is 3.61. The first-order chi connectivity index (χ1) is 9.10. The average molecular weight is 296 g/mol. The highest BCUT2D eigenvalue weighted by Crippen LogP contribution is 2.23. The lowest BCUT2D eigenvalue weighted by atomic mass is 10.1. The van der Waals surface area contributed by atoms with Gasteiger partial charge in [0.1, 0.15) is 0 Å². The zero-order valence-electron chi connectivity index (χ0n) is 9.78. The lowest BCUT2D eigenvalue weighted by Gasteiger charge is -2.10. The molecule has 0 aromatic heterocycles. The number of amides is 1. The van der Waals surface area contributed by atoms with E-state index in [1.165, 1.54) is 0 Å². The molecule has 0 fully saturated rings. The van der Waals surface area contributed by atoms with Gasteiger partial charge in [0.25, 0.3) is 5.91 Å². The number of hydrazine groups is 1. The first kappa shape index (κ1) is 13.7. The van der Waals surface area contributed by atoms with Crippen molar-refractivity contribution in [2.75, 3.05) is 10.7 Å². The monoisotopic (exact) mass is 295 g/mol. The highest BCUT2D eigenvalue weighted by atomic mass is 35.5. The van der Waals surface area contributed by atoms with Crippen molar-refractivity contribution in [1.82, 2.24) is 0 Å². The lowest BCUT2D eigenvalue weighted by molar-refractivity contribution is 0.102. The van der Waals surface area contributed by atoms with E-state index in [1.807, 2.05) is 0 Å². The molecule has 0 aliphatic carbocycles. The van der Waals surface area contributed by atoms with Crippen molar-refractivity contribution in [3.05, 3.63) is 58.1 Å². The molecule has 2 rings (SSSR count). The van der Waals surface area contributed by atoms with Crippen LogP contribution in [0.1, 0.15) is 10.4 Å². The van der Waals surface area contributed by atoms with Crippen LogP contribution in [0, 0.1) is 0 Å². The van der Waals surface area contributed by atoms with Crippen molar-refractivity contribution in [2.45, 2.75) is 0 Å². The standard InChI is InChI=1S/C13H11Cl2N3O/c14-8-5-9(15)7-10(6-8)17-13(19)11-3-1-2-4-12(11)18-16/h1-7,18H,16H2,(H,17,19). The smallest absolute Gasteiger partial charge is 0.257 e. The Labute approximate surface area is 120 Å². The van der Waals surface area contributed by atoms with Gasteiger partial charge < -0.3 is 10.7 Å². The first-order valence-corrected chi connectivity index (χ1v) is 6.19. The maximum absolute atomic E-state index is 12.1. The van der Waals surface area contributed by atoms with Gasteiger partial charge in [-0.15, -0.1) is 0 Å². The van der Waals surface area contributed by atoms with Crippen LogP contribution in [-0.2, 0) is 0 Å². The number of para-hydroxylation sites is 1. The summed E-state index contributed by atoms with van der Waals surface area (Å²) in [5.74, 6) is 5.06. The summed E-state index contributed by atoms with van der Waals surface area (Å²) >= 11 is 11.7. The molecule has 4 nitrogen and oxygen atoms in total. The van der Waals surface area contributed by atoms with E-state index in [9.17, 15) is 4.79 Å². The third-order valence-electron chi connectivity index (χ3n) is 2.45. The molecule has 0 heterocycles. The predicted molar refractivity (Wildman–Crippen MR) is 78.7 cm³/mol. The third-order valence-corrected chi connectivity index (χ3v) is 2.88. The molecule has 0 atom stereocenters. The molecule has 19 heavy (non-hydrogen) atoms. The quantitative estimate of drug-likeness (QED) is 0.599. The van der Waals surface area contributed by atoms with Crippen LogP contribution in [0.25, 0.3) is 0 Å². The van der Waals surface area contributed by atoms with Crippen LogP contribution in [0.4, 0.5) is 11.4 Å². The molecule has 4 N–H and O–H groups in total. The lowest BCUT2D eigenvalue weighted by Crippen LogP contribution is -2.17. The van der Waals surface area contributed by atoms with Crippen molar-refractivity contribution in [2.24, 2.45) is 5.84 Å². The van der Waals surface area contributed by atoms with Gasteiger partial charge in [-0.3, -0.25) is 10.6 Å². The van der Waals surface area contributed by atoms with Gasteiger partial charge in [0, 0.05) is 15.7 Å². The molecule has 2 aromatic carbocycles. The van der Waals surface area contributed by atoms with Gasteiger partial charge in [-0.05, 0) is 30.3 Å². The molecule has 0 unspecified atom stereocenters. The Balaban J connectivity index is 2.25. The van der Waals surface area contributed by atoms with E-state index in [0.29, 0.717) is 27.0 Å². The summed E-state index contributed by atoms with van der Waals surface area (Å²) in [7, 11) is 0. The van der Waals surface area contributed by atoms with E-state index < -0.39 is 0 Å². The third kappa shape index (κ3) is 3.38. The van der Waals surface area contributed by atoms with Crippen LogP contribution >= 0.6 is 23.2 Å². The number of carbonyl (C=O) groups is 1. The van der Waals surface area contributed by atoms with Crippen LogP contribution in [-0.4, -0.2) is 5.91 Å². The van der Waals surface area contributed by atoms with Gasteiger partial charge in [-0.2, -0.15) is 0 Å². The van der Waals surface area contributed by atoms with E-state index in [4.69, 9.17) is 29.0 Å². The Morgan fingerprint density at radius 2 is 1.68 bits per heavy atom. The Hall–Kier alpha value is -1.75. The van der Waals surface area contributed by atoms with E-state index >= 15 is 0 Å². The van der Waals surface area contributed by atoms with Crippen LogP contribution < -0.4 is 16.6 Å². The molecule has 98 valence electrons. The van der Waals surface area contributed by atoms with Gasteiger partial charge >= 0.3 is 0 Å². The zero-order valence-corrected chi connectivity index (χ0v) is 11.3. The van der Waals surface area contributed by atoms with Gasteiger partial charge in [0.05, 0.1) is 11.3 Å². The fourth-order valence-corrected chi connectivity index (χ4v) is 2.16. The number of halogens is 2. The Morgan fingerprint density at radius 3 is 2.32 bits per heavy atom. The molecule has 0 aliphatic rings. The average Bonchev–Trinajstić information content (AvgIpc) is 2.37. The largest absolute Gasteiger partial charge is 0.323 e. The first-order valence-electron chi connectivity index (χ1n) is 5.43. The molecular weight excluding hydrogens is 285 g/mol. The highest BCUT2D eigenvalue weighted by Gasteiger charge is 2.11. The fraction of sp³-hybridized carbons (Fsp3) is 0. The maximum Gasteiger partial charge on any atom is 0.257 e. The van der Waals surface area contributed by atoms with Crippen molar-refractivity contribution in [3.63, 3.8) is 0 Å². The summed E-state index contributed by atoms with van der Waals surface area (Å²) in [6.45, 7) is 0. The number of hydrogen-bond donors (Lipinski definition) is 3. The highest BCUT2D eigenvalue weighted by molar-refractivity contribution is 6.35. The molecule has 0 saturated heterocycles. The van der Waals surface area contributed by atoms with E-state index in [2.05, 4.69) is 10.7 Å². The zero-order chi connectivity index (χ0) is 13.8. The molecule has 0 aliphatic heterocycles. The van der Waals surface area contributed by atoms with Crippen LogP contribution in [0.3, 0.4) is 0 Å². The van der Waals surface area contributed by atoms with Crippen molar-refractivity contribution in [1.29, 1.82) is 0 Å². The number of benzene rings is 2. The summed E-state index contributed by atoms with van der Waals surface area (Å²) in [5.41, 5.74) is 3.96. The molecular formula is C13H11Cl2N3O. The molecule has 6 heteroatoms. The molecule has 1 amide bonds. The summed E-state index contributed by atoms with van der Waals surface area (Å²) in [6.07, 6.45) is 0. The molecule has 0 bridgehead atoms. The summed E-state index contributed by atoms with van der Waals surface area (Å²) in [4.78, 5) is 12.1. The van der Waals surface area contributed by atoms with Crippen LogP contribution in [0.15, 0.2) is 42.5 Å². The minimum Gasteiger partial charge on any atom is -0.323 e. The summed E-state index contributed by atoms with van der Waals surface area (Å²) in [6, 6.07) is 11.7. The number of nitrogens with one attached hydrogen (secondary N) is 2. The van der Waals surface area contributed by atoms with Gasteiger partial charge in [-0.25, -0.2) is 0 Å². The minimum absolute atomic E-state index is 0.299. The number of nitrogen functional groups attached to an aromatic ring is 1. The second-order valence-corrected chi connectivity index (χ2v) is 4.68.